The topological polar surface area (TPSA) is 71.8 Å². The van der Waals surface area contributed by atoms with Crippen LogP contribution in [0.1, 0.15) is 54.9 Å². The first kappa shape index (κ1) is 26.5. The Hall–Kier alpha value is -3.58. The number of carbonyl (C=O) groups excluding carboxylic acids is 1. The zero-order valence-corrected chi connectivity index (χ0v) is 23.0. The molecule has 1 aromatic heterocycles. The van der Waals surface area contributed by atoms with Crippen LogP contribution in [0.4, 0.5) is 4.79 Å². The Labute approximate surface area is 223 Å². The summed E-state index contributed by atoms with van der Waals surface area (Å²) >= 11 is 1.64. The molecule has 0 aliphatic carbocycles. The summed E-state index contributed by atoms with van der Waals surface area (Å²) in [4.78, 5) is 13.0. The predicted octanol–water partition coefficient (Wildman–Crippen LogP) is 6.56. The quantitative estimate of drug-likeness (QED) is 0.262. The molecule has 0 saturated carbocycles. The molecular weight excluding hydrogens is 478 g/mol. The summed E-state index contributed by atoms with van der Waals surface area (Å²) in [6, 6.07) is 26.3. The fraction of sp³-hybridized carbons (Fsp3) is 0.300. The number of amides is 2. The fourth-order valence-corrected chi connectivity index (χ4v) is 4.98. The van der Waals surface area contributed by atoms with Crippen molar-refractivity contribution >= 4 is 17.8 Å². The molecule has 192 valence electrons. The number of nitrogens with one attached hydrogen (secondary N) is 2. The Morgan fingerprint density at radius 3 is 2.27 bits per heavy atom. The Morgan fingerprint density at radius 1 is 0.892 bits per heavy atom. The first-order chi connectivity index (χ1) is 17.7. The van der Waals surface area contributed by atoms with E-state index in [2.05, 4.69) is 99.9 Å². The van der Waals surface area contributed by atoms with Gasteiger partial charge in [-0.05, 0) is 57.9 Å². The lowest BCUT2D eigenvalue weighted by Gasteiger charge is -2.25. The van der Waals surface area contributed by atoms with Crippen molar-refractivity contribution in [3.05, 3.63) is 107 Å². The van der Waals surface area contributed by atoms with E-state index in [-0.39, 0.29) is 17.6 Å². The number of aryl methyl sites for hydroxylation is 2. The van der Waals surface area contributed by atoms with Gasteiger partial charge < -0.3 is 10.6 Å². The number of aromatic nitrogens is 3. The standard InChI is InChI=1S/C30H35N5OS/c1-21-14-16-25(17-15-21)35-27(33-34-29(35)37-20-24-13-9-10-22(2)18-24)26(19-23-11-7-6-8-12-23)31-28(36)32-30(3,4)5/h6-18,26H,19-20H2,1-5H3,(H2,31,32,36). The minimum Gasteiger partial charge on any atom is -0.334 e. The summed E-state index contributed by atoms with van der Waals surface area (Å²) < 4.78 is 2.07. The maximum atomic E-state index is 13.0. The average Bonchev–Trinajstić information content (AvgIpc) is 3.26. The van der Waals surface area contributed by atoms with Crippen LogP contribution >= 0.6 is 11.8 Å². The third-order valence-electron chi connectivity index (χ3n) is 5.79. The number of urea groups is 1. The van der Waals surface area contributed by atoms with Crippen LogP contribution < -0.4 is 10.6 Å². The lowest BCUT2D eigenvalue weighted by molar-refractivity contribution is 0.227. The molecule has 0 aliphatic rings. The molecule has 1 heterocycles. The van der Waals surface area contributed by atoms with Gasteiger partial charge in [0.1, 0.15) is 0 Å². The van der Waals surface area contributed by atoms with E-state index in [9.17, 15) is 4.79 Å². The van der Waals surface area contributed by atoms with Gasteiger partial charge in [-0.2, -0.15) is 0 Å². The van der Waals surface area contributed by atoms with Crippen molar-refractivity contribution in [3.63, 3.8) is 0 Å². The number of benzene rings is 3. The highest BCUT2D eigenvalue weighted by molar-refractivity contribution is 7.98. The van der Waals surface area contributed by atoms with Gasteiger partial charge in [-0.1, -0.05) is 89.6 Å². The van der Waals surface area contributed by atoms with Crippen LogP contribution in [0.15, 0.2) is 84.0 Å². The zero-order chi connectivity index (χ0) is 26.4. The molecule has 0 bridgehead atoms. The lowest BCUT2D eigenvalue weighted by atomic mass is 10.0. The van der Waals surface area contributed by atoms with Gasteiger partial charge in [0.05, 0.1) is 6.04 Å². The molecule has 3 aromatic carbocycles. The Kier molecular flexibility index (Phi) is 8.34. The molecule has 4 aromatic rings. The van der Waals surface area contributed by atoms with Gasteiger partial charge in [0.15, 0.2) is 11.0 Å². The minimum absolute atomic E-state index is 0.235. The van der Waals surface area contributed by atoms with E-state index in [0.717, 1.165) is 22.2 Å². The van der Waals surface area contributed by atoms with E-state index >= 15 is 0 Å². The van der Waals surface area contributed by atoms with E-state index in [0.29, 0.717) is 12.2 Å². The fourth-order valence-electron chi connectivity index (χ4n) is 4.08. The number of carbonyl (C=O) groups is 1. The van der Waals surface area contributed by atoms with Gasteiger partial charge in [0.25, 0.3) is 0 Å². The molecule has 0 radical (unpaired) electrons. The van der Waals surface area contributed by atoms with Crippen molar-refractivity contribution in [3.8, 4) is 5.69 Å². The van der Waals surface area contributed by atoms with Gasteiger partial charge in [-0.25, -0.2) is 4.79 Å². The molecule has 2 N–H and O–H groups in total. The second kappa shape index (κ2) is 11.6. The van der Waals surface area contributed by atoms with E-state index < -0.39 is 0 Å². The summed E-state index contributed by atoms with van der Waals surface area (Å²) in [6.45, 7) is 10.1. The van der Waals surface area contributed by atoms with Crippen LogP contribution in [0.5, 0.6) is 0 Å². The first-order valence-corrected chi connectivity index (χ1v) is 13.5. The minimum atomic E-state index is -0.383. The SMILES string of the molecule is Cc1ccc(-n2c(SCc3cccc(C)c3)nnc2C(Cc2ccccc2)NC(=O)NC(C)(C)C)cc1. The molecule has 4 rings (SSSR count). The summed E-state index contributed by atoms with van der Waals surface area (Å²) in [5.74, 6) is 1.47. The number of hydrogen-bond acceptors (Lipinski definition) is 4. The molecule has 0 spiro atoms. The van der Waals surface area contributed by atoms with Gasteiger partial charge in [0, 0.05) is 23.4 Å². The smallest absolute Gasteiger partial charge is 0.315 e. The predicted molar refractivity (Wildman–Crippen MR) is 151 cm³/mol. The van der Waals surface area contributed by atoms with Crippen molar-refractivity contribution in [1.29, 1.82) is 0 Å². The first-order valence-electron chi connectivity index (χ1n) is 12.5. The highest BCUT2D eigenvalue weighted by Gasteiger charge is 2.26. The highest BCUT2D eigenvalue weighted by Crippen LogP contribution is 2.29. The van der Waals surface area contributed by atoms with Gasteiger partial charge >= 0.3 is 6.03 Å². The van der Waals surface area contributed by atoms with E-state index in [1.807, 2.05) is 39.0 Å². The highest BCUT2D eigenvalue weighted by atomic mass is 32.2. The number of hydrogen-bond donors (Lipinski definition) is 2. The van der Waals surface area contributed by atoms with E-state index in [1.165, 1.54) is 16.7 Å². The van der Waals surface area contributed by atoms with Crippen molar-refractivity contribution in [1.82, 2.24) is 25.4 Å². The van der Waals surface area contributed by atoms with Crippen molar-refractivity contribution < 1.29 is 4.79 Å². The number of nitrogens with zero attached hydrogens (tertiary/aromatic N) is 3. The van der Waals surface area contributed by atoms with Crippen LogP contribution in [0.2, 0.25) is 0 Å². The second-order valence-electron chi connectivity index (χ2n) is 10.4. The summed E-state index contributed by atoms with van der Waals surface area (Å²) in [6.07, 6.45) is 0.588. The van der Waals surface area contributed by atoms with Gasteiger partial charge in [-0.3, -0.25) is 4.57 Å². The van der Waals surface area contributed by atoms with Crippen LogP contribution in [-0.2, 0) is 12.2 Å². The Morgan fingerprint density at radius 2 is 1.59 bits per heavy atom. The maximum absolute atomic E-state index is 13.0. The lowest BCUT2D eigenvalue weighted by Crippen LogP contribution is -2.48. The third-order valence-corrected chi connectivity index (χ3v) is 6.79. The molecule has 0 saturated heterocycles. The summed E-state index contributed by atoms with van der Waals surface area (Å²) in [5, 5.41) is 16.2. The van der Waals surface area contributed by atoms with E-state index in [1.54, 1.807) is 11.8 Å². The Balaban J connectivity index is 1.72. The van der Waals surface area contributed by atoms with Crippen LogP contribution in [-0.4, -0.2) is 26.3 Å². The molecule has 1 atom stereocenters. The molecule has 1 unspecified atom stereocenters. The third kappa shape index (κ3) is 7.46. The molecule has 6 nitrogen and oxygen atoms in total. The van der Waals surface area contributed by atoms with Gasteiger partial charge in [0.2, 0.25) is 0 Å². The number of rotatable bonds is 8. The van der Waals surface area contributed by atoms with Gasteiger partial charge in [-0.15, -0.1) is 10.2 Å². The second-order valence-corrected chi connectivity index (χ2v) is 11.3. The maximum Gasteiger partial charge on any atom is 0.315 e. The monoisotopic (exact) mass is 513 g/mol. The largest absolute Gasteiger partial charge is 0.334 e. The molecular formula is C30H35N5OS. The van der Waals surface area contributed by atoms with Crippen LogP contribution in [0, 0.1) is 13.8 Å². The summed E-state index contributed by atoms with van der Waals surface area (Å²) in [7, 11) is 0. The summed E-state index contributed by atoms with van der Waals surface area (Å²) in [5.41, 5.74) is 5.35. The van der Waals surface area contributed by atoms with Crippen molar-refractivity contribution in [2.45, 2.75) is 63.5 Å². The van der Waals surface area contributed by atoms with Crippen molar-refractivity contribution in [2.24, 2.45) is 0 Å². The normalized spacial score (nSPS) is 12.2. The van der Waals surface area contributed by atoms with Crippen LogP contribution in [0.3, 0.4) is 0 Å². The number of thioether (sulfide) groups is 1. The Bertz CT molecular complexity index is 1330. The van der Waals surface area contributed by atoms with Crippen molar-refractivity contribution in [2.75, 3.05) is 0 Å². The molecule has 0 fully saturated rings. The molecule has 37 heavy (non-hydrogen) atoms. The molecule has 2 amide bonds. The van der Waals surface area contributed by atoms with Crippen LogP contribution in [0.25, 0.3) is 5.69 Å². The average molecular weight is 514 g/mol. The zero-order valence-electron chi connectivity index (χ0n) is 22.2. The van der Waals surface area contributed by atoms with E-state index in [4.69, 9.17) is 0 Å². The molecule has 7 heteroatoms. The molecule has 0 aliphatic heterocycles.